The SMILES string of the molecule is CCC(Br)C(=O)Nc1cnns1. The summed E-state index contributed by atoms with van der Waals surface area (Å²) in [6.45, 7) is 1.93. The molecule has 0 bridgehead atoms. The third-order valence-electron chi connectivity index (χ3n) is 1.25. The number of carbonyl (C=O) groups is 1. The topological polar surface area (TPSA) is 54.9 Å². The second kappa shape index (κ2) is 4.51. The van der Waals surface area contributed by atoms with Gasteiger partial charge in [-0.1, -0.05) is 27.3 Å². The average molecular weight is 250 g/mol. The first kappa shape index (κ1) is 9.60. The molecule has 0 aliphatic heterocycles. The molecule has 1 unspecified atom stereocenters. The van der Waals surface area contributed by atoms with Crippen molar-refractivity contribution in [2.75, 3.05) is 5.32 Å². The molecule has 1 aromatic rings. The molecule has 0 fully saturated rings. The number of nitrogens with one attached hydrogen (secondary N) is 1. The van der Waals surface area contributed by atoms with Gasteiger partial charge in [-0.2, -0.15) is 0 Å². The molecule has 0 spiro atoms. The summed E-state index contributed by atoms with van der Waals surface area (Å²) in [4.78, 5) is 11.1. The van der Waals surface area contributed by atoms with Gasteiger partial charge in [-0.15, -0.1) is 5.10 Å². The fourth-order valence-electron chi connectivity index (χ4n) is 0.607. The van der Waals surface area contributed by atoms with Crippen LogP contribution in [0.2, 0.25) is 0 Å². The molecule has 1 heterocycles. The lowest BCUT2D eigenvalue weighted by molar-refractivity contribution is -0.115. The third kappa shape index (κ3) is 2.53. The standard InChI is InChI=1S/C6H8BrN3OS/c1-2-4(7)6(11)9-5-3-8-10-12-5/h3-4H,2H2,1H3,(H,9,11). The molecular formula is C6H8BrN3OS. The molecule has 1 aromatic heterocycles. The van der Waals surface area contributed by atoms with Crippen LogP contribution in [0.1, 0.15) is 13.3 Å². The van der Waals surface area contributed by atoms with Gasteiger partial charge in [-0.05, 0) is 6.42 Å². The van der Waals surface area contributed by atoms with Gasteiger partial charge in [0.15, 0.2) is 0 Å². The Labute approximate surface area is 82.7 Å². The molecule has 1 atom stereocenters. The Hall–Kier alpha value is -0.490. The highest BCUT2D eigenvalue weighted by Gasteiger charge is 2.12. The van der Waals surface area contributed by atoms with E-state index >= 15 is 0 Å². The summed E-state index contributed by atoms with van der Waals surface area (Å²) in [6.07, 6.45) is 2.29. The lowest BCUT2D eigenvalue weighted by atomic mass is 10.3. The highest BCUT2D eigenvalue weighted by Crippen LogP contribution is 2.12. The summed E-state index contributed by atoms with van der Waals surface area (Å²) in [6, 6.07) is 0. The van der Waals surface area contributed by atoms with Crippen LogP contribution in [0, 0.1) is 0 Å². The van der Waals surface area contributed by atoms with Gasteiger partial charge in [-0.25, -0.2) is 0 Å². The highest BCUT2D eigenvalue weighted by atomic mass is 79.9. The fraction of sp³-hybridized carbons (Fsp3) is 0.500. The maximum atomic E-state index is 11.2. The summed E-state index contributed by atoms with van der Waals surface area (Å²) in [5, 5.41) is 6.96. The van der Waals surface area contributed by atoms with Crippen LogP contribution in [0.5, 0.6) is 0 Å². The van der Waals surface area contributed by atoms with Crippen molar-refractivity contribution in [1.82, 2.24) is 9.59 Å². The molecule has 4 nitrogen and oxygen atoms in total. The maximum Gasteiger partial charge on any atom is 0.238 e. The van der Waals surface area contributed by atoms with Crippen LogP contribution in [0.4, 0.5) is 5.00 Å². The molecule has 12 heavy (non-hydrogen) atoms. The number of hydrogen-bond acceptors (Lipinski definition) is 4. The average Bonchev–Trinajstić information content (AvgIpc) is 2.55. The van der Waals surface area contributed by atoms with Crippen molar-refractivity contribution in [3.63, 3.8) is 0 Å². The zero-order valence-electron chi connectivity index (χ0n) is 6.45. The van der Waals surface area contributed by atoms with E-state index in [-0.39, 0.29) is 10.7 Å². The second-order valence-electron chi connectivity index (χ2n) is 2.15. The summed E-state index contributed by atoms with van der Waals surface area (Å²) in [7, 11) is 0. The molecule has 0 aromatic carbocycles. The first-order valence-electron chi connectivity index (χ1n) is 3.46. The number of carbonyl (C=O) groups excluding carboxylic acids is 1. The van der Waals surface area contributed by atoms with Gasteiger partial charge in [0.05, 0.1) is 11.0 Å². The molecule has 0 radical (unpaired) electrons. The number of halogens is 1. The molecule has 1 N–H and O–H groups in total. The summed E-state index contributed by atoms with van der Waals surface area (Å²) in [5.41, 5.74) is 0. The van der Waals surface area contributed by atoms with Crippen molar-refractivity contribution in [2.45, 2.75) is 18.2 Å². The van der Waals surface area contributed by atoms with Gasteiger partial charge in [-0.3, -0.25) is 4.79 Å². The highest BCUT2D eigenvalue weighted by molar-refractivity contribution is 9.10. The normalized spacial score (nSPS) is 12.5. The molecule has 66 valence electrons. The fourth-order valence-corrected chi connectivity index (χ4v) is 1.14. The largest absolute Gasteiger partial charge is 0.314 e. The van der Waals surface area contributed by atoms with Gasteiger partial charge >= 0.3 is 0 Å². The lowest BCUT2D eigenvalue weighted by Crippen LogP contribution is -2.21. The number of aromatic nitrogens is 2. The van der Waals surface area contributed by atoms with Crippen LogP contribution in [0.3, 0.4) is 0 Å². The zero-order chi connectivity index (χ0) is 8.97. The van der Waals surface area contributed by atoms with E-state index in [0.717, 1.165) is 6.42 Å². The first-order valence-corrected chi connectivity index (χ1v) is 5.15. The number of amides is 1. The van der Waals surface area contributed by atoms with Gasteiger partial charge in [0.2, 0.25) is 5.91 Å². The Morgan fingerprint density at radius 3 is 3.17 bits per heavy atom. The monoisotopic (exact) mass is 249 g/mol. The Morgan fingerprint density at radius 1 is 1.92 bits per heavy atom. The number of nitrogens with zero attached hydrogens (tertiary/aromatic N) is 2. The second-order valence-corrected chi connectivity index (χ2v) is 4.04. The van der Waals surface area contributed by atoms with E-state index in [1.54, 1.807) is 0 Å². The van der Waals surface area contributed by atoms with Crippen molar-refractivity contribution in [3.05, 3.63) is 6.20 Å². The van der Waals surface area contributed by atoms with Gasteiger partial charge < -0.3 is 5.32 Å². The molecule has 0 saturated heterocycles. The Kier molecular flexibility index (Phi) is 3.61. The van der Waals surface area contributed by atoms with E-state index in [1.165, 1.54) is 17.7 Å². The predicted octanol–water partition coefficient (Wildman–Crippen LogP) is 1.65. The van der Waals surface area contributed by atoms with Crippen molar-refractivity contribution < 1.29 is 4.79 Å². The van der Waals surface area contributed by atoms with Crippen LogP contribution in [0.15, 0.2) is 6.20 Å². The molecular weight excluding hydrogens is 242 g/mol. The van der Waals surface area contributed by atoms with Crippen molar-refractivity contribution in [3.8, 4) is 0 Å². The van der Waals surface area contributed by atoms with E-state index in [4.69, 9.17) is 0 Å². The number of anilines is 1. The Balaban J connectivity index is 2.47. The quantitative estimate of drug-likeness (QED) is 0.830. The predicted molar refractivity (Wildman–Crippen MR) is 51.5 cm³/mol. The van der Waals surface area contributed by atoms with Crippen molar-refractivity contribution in [2.24, 2.45) is 0 Å². The van der Waals surface area contributed by atoms with E-state index in [0.29, 0.717) is 5.00 Å². The van der Waals surface area contributed by atoms with Gasteiger partial charge in [0.1, 0.15) is 5.00 Å². The number of rotatable bonds is 3. The van der Waals surface area contributed by atoms with E-state index in [9.17, 15) is 4.79 Å². The van der Waals surface area contributed by atoms with E-state index in [2.05, 4.69) is 30.8 Å². The minimum Gasteiger partial charge on any atom is -0.314 e. The lowest BCUT2D eigenvalue weighted by Gasteiger charge is -2.04. The van der Waals surface area contributed by atoms with Gasteiger partial charge in [0.25, 0.3) is 0 Å². The van der Waals surface area contributed by atoms with Crippen molar-refractivity contribution in [1.29, 1.82) is 0 Å². The minimum atomic E-state index is -0.139. The van der Waals surface area contributed by atoms with Crippen LogP contribution < -0.4 is 5.32 Å². The molecule has 1 rings (SSSR count). The summed E-state index contributed by atoms with van der Waals surface area (Å²) in [5.74, 6) is -0.0523. The first-order chi connectivity index (χ1) is 5.74. The number of hydrogen-bond donors (Lipinski definition) is 1. The van der Waals surface area contributed by atoms with Crippen LogP contribution in [-0.4, -0.2) is 20.3 Å². The van der Waals surface area contributed by atoms with E-state index < -0.39 is 0 Å². The Bertz CT molecular complexity index is 251. The van der Waals surface area contributed by atoms with Crippen LogP contribution in [-0.2, 0) is 4.79 Å². The number of alkyl halides is 1. The molecule has 0 aliphatic carbocycles. The van der Waals surface area contributed by atoms with Crippen LogP contribution >= 0.6 is 27.5 Å². The molecule has 0 saturated carbocycles. The molecule has 6 heteroatoms. The maximum absolute atomic E-state index is 11.2. The smallest absolute Gasteiger partial charge is 0.238 e. The third-order valence-corrected chi connectivity index (χ3v) is 2.89. The van der Waals surface area contributed by atoms with Crippen molar-refractivity contribution >= 4 is 38.4 Å². The summed E-state index contributed by atoms with van der Waals surface area (Å²) >= 11 is 4.40. The van der Waals surface area contributed by atoms with Gasteiger partial charge in [0, 0.05) is 11.5 Å². The van der Waals surface area contributed by atoms with Crippen LogP contribution in [0.25, 0.3) is 0 Å². The minimum absolute atomic E-state index is 0.0523. The summed E-state index contributed by atoms with van der Waals surface area (Å²) < 4.78 is 3.62. The Morgan fingerprint density at radius 2 is 2.67 bits per heavy atom. The zero-order valence-corrected chi connectivity index (χ0v) is 8.85. The molecule has 0 aliphatic rings. The molecule has 1 amide bonds. The van der Waals surface area contributed by atoms with E-state index in [1.807, 2.05) is 6.92 Å².